The zero-order chi connectivity index (χ0) is 14.5. The predicted molar refractivity (Wildman–Crippen MR) is 75.4 cm³/mol. The van der Waals surface area contributed by atoms with Crippen molar-refractivity contribution < 1.29 is 14.7 Å². The van der Waals surface area contributed by atoms with Crippen LogP contribution in [0.2, 0.25) is 0 Å². The minimum Gasteiger partial charge on any atom is -0.396 e. The van der Waals surface area contributed by atoms with Crippen LogP contribution in [0.5, 0.6) is 0 Å². The molecule has 1 heterocycles. The minimum atomic E-state index is -0.629. The molecule has 0 bridgehead atoms. The number of aliphatic hydroxyl groups excluding tert-OH is 1. The summed E-state index contributed by atoms with van der Waals surface area (Å²) in [4.78, 5) is 24.8. The zero-order valence-electron chi connectivity index (χ0n) is 11.2. The Bertz CT molecular complexity index is 487. The predicted octanol–water partition coefficient (Wildman–Crippen LogP) is 1.02. The topological polar surface area (TPSA) is 95.7 Å². The number of benzene rings is 1. The van der Waals surface area contributed by atoms with Crippen LogP contribution in [0.4, 0.5) is 10.5 Å². The number of aliphatic hydroxyl groups is 1. The van der Waals surface area contributed by atoms with Crippen LogP contribution in [-0.4, -0.2) is 41.6 Å². The highest BCUT2D eigenvalue weighted by Gasteiger charge is 2.26. The molecule has 0 radical (unpaired) electrons. The van der Waals surface area contributed by atoms with Gasteiger partial charge in [0.15, 0.2) is 0 Å². The monoisotopic (exact) mass is 277 g/mol. The van der Waals surface area contributed by atoms with Gasteiger partial charge in [-0.1, -0.05) is 0 Å². The highest BCUT2D eigenvalue weighted by atomic mass is 16.3. The number of carbonyl (C=O) groups is 2. The van der Waals surface area contributed by atoms with Gasteiger partial charge in [-0.05, 0) is 43.0 Å². The summed E-state index contributed by atoms with van der Waals surface area (Å²) in [6.45, 7) is 1.59. The average molecular weight is 277 g/mol. The van der Waals surface area contributed by atoms with Gasteiger partial charge in [0.1, 0.15) is 0 Å². The van der Waals surface area contributed by atoms with Gasteiger partial charge >= 0.3 is 6.03 Å². The molecule has 1 aromatic rings. The van der Waals surface area contributed by atoms with E-state index in [9.17, 15) is 9.59 Å². The highest BCUT2D eigenvalue weighted by Crippen LogP contribution is 2.21. The van der Waals surface area contributed by atoms with Gasteiger partial charge in [0.2, 0.25) is 0 Å². The molecule has 2 rings (SSSR count). The molecule has 1 aliphatic heterocycles. The number of nitrogens with one attached hydrogen (secondary N) is 1. The molecule has 1 aliphatic rings. The lowest BCUT2D eigenvalue weighted by molar-refractivity contribution is 0.0785. The number of urea groups is 1. The maximum absolute atomic E-state index is 12.3. The van der Waals surface area contributed by atoms with Gasteiger partial charge in [-0.2, -0.15) is 0 Å². The molecule has 108 valence electrons. The van der Waals surface area contributed by atoms with Gasteiger partial charge in [0.05, 0.1) is 0 Å². The summed E-state index contributed by atoms with van der Waals surface area (Å²) in [5, 5.41) is 11.4. The molecule has 20 heavy (non-hydrogen) atoms. The number of carbonyl (C=O) groups excluding carboxylic acids is 2. The lowest BCUT2D eigenvalue weighted by Crippen LogP contribution is -2.28. The first-order valence-corrected chi connectivity index (χ1v) is 6.67. The Kier molecular flexibility index (Phi) is 4.57. The molecule has 0 saturated carbocycles. The van der Waals surface area contributed by atoms with Gasteiger partial charge in [0.25, 0.3) is 5.91 Å². The quantitative estimate of drug-likeness (QED) is 0.766. The van der Waals surface area contributed by atoms with Crippen molar-refractivity contribution in [2.24, 2.45) is 11.7 Å². The molecule has 0 aliphatic carbocycles. The molecule has 1 atom stereocenters. The number of likely N-dealkylation sites (tertiary alicyclic amines) is 1. The number of nitrogens with two attached hydrogens (primary N) is 1. The molecule has 4 N–H and O–H groups in total. The second-order valence-electron chi connectivity index (χ2n) is 4.98. The van der Waals surface area contributed by atoms with Gasteiger partial charge in [-0.15, -0.1) is 0 Å². The Hall–Kier alpha value is -2.08. The number of anilines is 1. The molecule has 6 nitrogen and oxygen atoms in total. The zero-order valence-corrected chi connectivity index (χ0v) is 11.2. The van der Waals surface area contributed by atoms with Crippen molar-refractivity contribution >= 4 is 17.6 Å². The van der Waals surface area contributed by atoms with Gasteiger partial charge < -0.3 is 21.1 Å². The van der Waals surface area contributed by atoms with E-state index in [2.05, 4.69) is 5.32 Å². The van der Waals surface area contributed by atoms with E-state index in [-0.39, 0.29) is 12.5 Å². The average Bonchev–Trinajstić information content (AvgIpc) is 2.87. The van der Waals surface area contributed by atoms with Crippen LogP contribution in [0, 0.1) is 5.92 Å². The summed E-state index contributed by atoms with van der Waals surface area (Å²) < 4.78 is 0. The smallest absolute Gasteiger partial charge is 0.316 e. The van der Waals surface area contributed by atoms with Crippen LogP contribution < -0.4 is 11.1 Å². The van der Waals surface area contributed by atoms with Crippen molar-refractivity contribution in [3.05, 3.63) is 29.8 Å². The number of amides is 3. The van der Waals surface area contributed by atoms with Gasteiger partial charge in [-0.3, -0.25) is 4.79 Å². The first-order chi connectivity index (χ1) is 9.60. The molecule has 3 amide bonds. The molecule has 0 spiro atoms. The lowest BCUT2D eigenvalue weighted by atomic mass is 10.1. The maximum atomic E-state index is 12.3. The summed E-state index contributed by atoms with van der Waals surface area (Å²) in [5.41, 5.74) is 6.17. The van der Waals surface area contributed by atoms with Crippen LogP contribution in [-0.2, 0) is 0 Å². The third-order valence-electron chi connectivity index (χ3n) is 3.51. The molecular weight excluding hydrogens is 258 g/mol. The van der Waals surface area contributed by atoms with Crippen molar-refractivity contribution in [2.45, 2.75) is 12.8 Å². The van der Waals surface area contributed by atoms with E-state index in [0.717, 1.165) is 19.4 Å². The summed E-state index contributed by atoms with van der Waals surface area (Å²) >= 11 is 0. The fourth-order valence-corrected chi connectivity index (χ4v) is 2.46. The summed E-state index contributed by atoms with van der Waals surface area (Å²) in [5.74, 6) is 0.371. The second kappa shape index (κ2) is 6.38. The maximum Gasteiger partial charge on any atom is 0.316 e. The Balaban J connectivity index is 1.97. The molecule has 6 heteroatoms. The number of hydrogen-bond donors (Lipinski definition) is 3. The Morgan fingerprint density at radius 1 is 1.35 bits per heavy atom. The van der Waals surface area contributed by atoms with E-state index in [4.69, 9.17) is 10.8 Å². The van der Waals surface area contributed by atoms with Crippen LogP contribution in [0.1, 0.15) is 23.2 Å². The largest absolute Gasteiger partial charge is 0.396 e. The van der Waals surface area contributed by atoms with Crippen LogP contribution >= 0.6 is 0 Å². The van der Waals surface area contributed by atoms with Crippen molar-refractivity contribution in [2.75, 3.05) is 25.0 Å². The Labute approximate surface area is 117 Å². The minimum absolute atomic E-state index is 0.0175. The third kappa shape index (κ3) is 3.48. The van der Waals surface area contributed by atoms with Gasteiger partial charge in [-0.25, -0.2) is 4.79 Å². The Morgan fingerprint density at radius 3 is 2.65 bits per heavy atom. The van der Waals surface area contributed by atoms with Crippen molar-refractivity contribution in [1.29, 1.82) is 0 Å². The van der Waals surface area contributed by atoms with E-state index in [1.807, 2.05) is 0 Å². The highest BCUT2D eigenvalue weighted by molar-refractivity contribution is 5.95. The van der Waals surface area contributed by atoms with E-state index >= 15 is 0 Å². The van der Waals surface area contributed by atoms with E-state index < -0.39 is 6.03 Å². The Morgan fingerprint density at radius 2 is 2.05 bits per heavy atom. The molecular formula is C14H19N3O3. The molecule has 1 unspecified atom stereocenters. The first kappa shape index (κ1) is 14.3. The van der Waals surface area contributed by atoms with Crippen molar-refractivity contribution in [3.8, 4) is 0 Å². The van der Waals surface area contributed by atoms with E-state index in [1.54, 1.807) is 29.2 Å². The normalized spacial score (nSPS) is 18.1. The third-order valence-corrected chi connectivity index (χ3v) is 3.51. The van der Waals surface area contributed by atoms with Crippen LogP contribution in [0.3, 0.4) is 0 Å². The standard InChI is InChI=1S/C14H19N3O3/c15-14(20)16-12-3-1-11(2-4-12)13(19)17-7-5-10(9-17)6-8-18/h1-4,10,18H,5-9H2,(H3,15,16,20). The first-order valence-electron chi connectivity index (χ1n) is 6.67. The number of primary amides is 1. The van der Waals surface area contributed by atoms with Crippen LogP contribution in [0.25, 0.3) is 0 Å². The number of rotatable bonds is 4. The fraction of sp³-hybridized carbons (Fsp3) is 0.429. The SMILES string of the molecule is NC(=O)Nc1ccc(C(=O)N2CCC(CCO)C2)cc1. The fourth-order valence-electron chi connectivity index (χ4n) is 2.46. The van der Waals surface area contributed by atoms with E-state index in [0.29, 0.717) is 23.7 Å². The van der Waals surface area contributed by atoms with Crippen molar-refractivity contribution in [1.82, 2.24) is 4.90 Å². The van der Waals surface area contributed by atoms with Gasteiger partial charge in [0, 0.05) is 30.9 Å². The molecule has 1 fully saturated rings. The molecule has 1 saturated heterocycles. The molecule has 1 aromatic carbocycles. The number of nitrogens with zero attached hydrogens (tertiary/aromatic N) is 1. The summed E-state index contributed by atoms with van der Waals surface area (Å²) in [7, 11) is 0. The van der Waals surface area contributed by atoms with E-state index in [1.165, 1.54) is 0 Å². The lowest BCUT2D eigenvalue weighted by Gasteiger charge is -2.16. The number of hydrogen-bond acceptors (Lipinski definition) is 3. The molecule has 0 aromatic heterocycles. The summed E-state index contributed by atoms with van der Waals surface area (Å²) in [6.07, 6.45) is 1.68. The second-order valence-corrected chi connectivity index (χ2v) is 4.98. The summed E-state index contributed by atoms with van der Waals surface area (Å²) in [6, 6.07) is 6.02. The van der Waals surface area contributed by atoms with Crippen LogP contribution in [0.15, 0.2) is 24.3 Å². The van der Waals surface area contributed by atoms with Crippen molar-refractivity contribution in [3.63, 3.8) is 0 Å².